The highest BCUT2D eigenvalue weighted by molar-refractivity contribution is 6.76. The summed E-state index contributed by atoms with van der Waals surface area (Å²) in [6, 6.07) is 10.6. The normalized spacial score (nSPS) is 25.1. The van der Waals surface area contributed by atoms with Crippen LogP contribution in [0.1, 0.15) is 62.3 Å². The second-order valence-corrected chi connectivity index (χ2v) is 32.5. The van der Waals surface area contributed by atoms with Gasteiger partial charge < -0.3 is 22.8 Å². The Balaban J connectivity index is 3.74. The first-order chi connectivity index (χ1) is 18.4. The molecule has 1 rings (SSSR count). The van der Waals surface area contributed by atoms with Crippen LogP contribution in [0.5, 0.6) is 0 Å². The van der Waals surface area contributed by atoms with E-state index in [0.717, 1.165) is 60.4 Å². The molecule has 1 saturated heterocycles. The van der Waals surface area contributed by atoms with Crippen molar-refractivity contribution in [2.24, 2.45) is 0 Å². The van der Waals surface area contributed by atoms with Crippen LogP contribution in [0.2, 0.25) is 80.1 Å². The van der Waals surface area contributed by atoms with Crippen molar-refractivity contribution in [2.75, 3.05) is 6.61 Å². The van der Waals surface area contributed by atoms with Gasteiger partial charge in [-0.1, -0.05) is 87.9 Å². The van der Waals surface area contributed by atoms with Gasteiger partial charge in [-0.25, -0.2) is 0 Å². The summed E-state index contributed by atoms with van der Waals surface area (Å²) in [5.41, 5.74) is 0. The summed E-state index contributed by atoms with van der Waals surface area (Å²) >= 11 is 0. The molecule has 0 saturated carbocycles. The van der Waals surface area contributed by atoms with Gasteiger partial charge in [-0.2, -0.15) is 0 Å². The minimum absolute atomic E-state index is 0.281. The average Bonchev–Trinajstić information content (AvgIpc) is 2.94. The van der Waals surface area contributed by atoms with Crippen molar-refractivity contribution in [3.8, 4) is 12.3 Å². The number of terminal acetylenes is 1. The molecule has 0 aromatic carbocycles. The van der Waals surface area contributed by atoms with Crippen LogP contribution in [0.4, 0.5) is 0 Å². The minimum Gasteiger partial charge on any atom is -0.408 e. The highest BCUT2D eigenvalue weighted by atomic mass is 28.4. The molecular formula is C30H64O5Si4. The third-order valence-corrected chi connectivity index (χ3v) is 25.4. The molecule has 0 spiro atoms. The minimum atomic E-state index is -2.04. The van der Waals surface area contributed by atoms with Gasteiger partial charge in [0, 0.05) is 14.7 Å². The topological polar surface area (TPSA) is 46.2 Å². The second kappa shape index (κ2) is 16.8. The molecular weight excluding hydrogens is 553 g/mol. The van der Waals surface area contributed by atoms with Crippen LogP contribution in [0.3, 0.4) is 0 Å². The Morgan fingerprint density at radius 2 is 0.949 bits per heavy atom. The van der Waals surface area contributed by atoms with Crippen molar-refractivity contribution in [1.29, 1.82) is 0 Å². The van der Waals surface area contributed by atoms with Gasteiger partial charge in [-0.05, 0) is 60.4 Å². The van der Waals surface area contributed by atoms with Crippen LogP contribution in [0.25, 0.3) is 0 Å². The molecule has 230 valence electrons. The Morgan fingerprint density at radius 1 is 0.590 bits per heavy atom. The van der Waals surface area contributed by atoms with Gasteiger partial charge in [0.15, 0.2) is 31.2 Å². The van der Waals surface area contributed by atoms with Crippen molar-refractivity contribution in [1.82, 2.24) is 0 Å². The third-order valence-electron chi connectivity index (χ3n) is 9.75. The standard InChI is InChI=1S/C30H64O5Si4/c1-14-26-27(33-37(15-2,16-3)17-4)28(34-38(18-5,19-6)20-7)29(35-39(21-8,22-9)23-10)30(32-26)31-24-25-36(11,12)13/h1,26-30H,15-25H2,2-13H3/t26-,27-,28+,29+,30-/m1/s1. The van der Waals surface area contributed by atoms with E-state index in [0.29, 0.717) is 6.61 Å². The van der Waals surface area contributed by atoms with Crippen molar-refractivity contribution in [3.05, 3.63) is 0 Å². The lowest BCUT2D eigenvalue weighted by Crippen LogP contribution is -2.66. The first-order valence-electron chi connectivity index (χ1n) is 16.1. The fourth-order valence-electron chi connectivity index (χ4n) is 5.81. The SMILES string of the molecule is C#C[C@H]1O[C@@H](OCC[Si](C)(C)C)[C@@H](O[Si](CC)(CC)CC)[C@@H](O[Si](CC)(CC)CC)[C@@H]1O[Si](CC)(CC)CC. The molecule has 0 N–H and O–H groups in total. The quantitative estimate of drug-likeness (QED) is 0.107. The summed E-state index contributed by atoms with van der Waals surface area (Å²) in [5, 5.41) is 0. The monoisotopic (exact) mass is 616 g/mol. The molecule has 0 aromatic heterocycles. The van der Waals surface area contributed by atoms with E-state index >= 15 is 0 Å². The zero-order valence-electron chi connectivity index (χ0n) is 27.8. The van der Waals surface area contributed by atoms with E-state index in [1.165, 1.54) is 0 Å². The summed E-state index contributed by atoms with van der Waals surface area (Å²) in [5.74, 6) is 2.98. The highest BCUT2D eigenvalue weighted by Gasteiger charge is 2.54. The van der Waals surface area contributed by atoms with E-state index in [-0.39, 0.29) is 18.3 Å². The van der Waals surface area contributed by atoms with Crippen molar-refractivity contribution >= 4 is 33.0 Å². The van der Waals surface area contributed by atoms with Crippen LogP contribution in [-0.4, -0.2) is 70.3 Å². The van der Waals surface area contributed by atoms with E-state index in [1.807, 2.05) is 0 Å². The van der Waals surface area contributed by atoms with Crippen LogP contribution < -0.4 is 0 Å². The number of hydrogen-bond acceptors (Lipinski definition) is 5. The average molecular weight is 617 g/mol. The predicted molar refractivity (Wildman–Crippen MR) is 178 cm³/mol. The highest BCUT2D eigenvalue weighted by Crippen LogP contribution is 2.39. The van der Waals surface area contributed by atoms with Crippen LogP contribution in [-0.2, 0) is 22.8 Å². The van der Waals surface area contributed by atoms with Gasteiger partial charge in [0.2, 0.25) is 0 Å². The molecule has 1 aliphatic heterocycles. The maximum Gasteiger partial charge on any atom is 0.192 e. The molecule has 1 fully saturated rings. The first kappa shape index (κ1) is 37.3. The molecule has 5 atom stereocenters. The van der Waals surface area contributed by atoms with E-state index < -0.39 is 45.4 Å². The molecule has 0 amide bonds. The molecule has 0 aliphatic carbocycles. The van der Waals surface area contributed by atoms with E-state index in [4.69, 9.17) is 29.2 Å². The lowest BCUT2D eigenvalue weighted by atomic mass is 9.99. The molecule has 39 heavy (non-hydrogen) atoms. The predicted octanol–water partition coefficient (Wildman–Crippen LogP) is 8.87. The van der Waals surface area contributed by atoms with Crippen molar-refractivity contribution in [2.45, 2.75) is 173 Å². The summed E-state index contributed by atoms with van der Waals surface area (Å²) < 4.78 is 35.2. The summed E-state index contributed by atoms with van der Waals surface area (Å²) in [6.07, 6.45) is 4.21. The molecule has 0 aromatic rings. The zero-order chi connectivity index (χ0) is 29.9. The van der Waals surface area contributed by atoms with Gasteiger partial charge in [0.1, 0.15) is 24.4 Å². The Hall–Kier alpha value is 0.228. The van der Waals surface area contributed by atoms with Crippen molar-refractivity contribution < 1.29 is 22.8 Å². The maximum absolute atomic E-state index is 7.41. The first-order valence-corrected chi connectivity index (χ1v) is 27.4. The van der Waals surface area contributed by atoms with Crippen LogP contribution in [0.15, 0.2) is 0 Å². The number of ether oxygens (including phenoxy) is 2. The molecule has 0 bridgehead atoms. The Bertz CT molecular complexity index is 701. The Labute approximate surface area is 247 Å². The smallest absolute Gasteiger partial charge is 0.192 e. The number of rotatable bonds is 19. The van der Waals surface area contributed by atoms with Gasteiger partial charge >= 0.3 is 0 Å². The molecule has 1 aliphatic rings. The molecule has 1 heterocycles. The van der Waals surface area contributed by atoms with Gasteiger partial charge in [-0.3, -0.25) is 0 Å². The maximum atomic E-state index is 7.41. The second-order valence-electron chi connectivity index (χ2n) is 12.8. The van der Waals surface area contributed by atoms with Gasteiger partial charge in [0.25, 0.3) is 0 Å². The van der Waals surface area contributed by atoms with Gasteiger partial charge in [0.05, 0.1) is 0 Å². The number of hydrogen-bond donors (Lipinski definition) is 0. The molecule has 0 radical (unpaired) electrons. The lowest BCUT2D eigenvalue weighted by molar-refractivity contribution is -0.274. The van der Waals surface area contributed by atoms with Crippen molar-refractivity contribution in [3.63, 3.8) is 0 Å². The van der Waals surface area contributed by atoms with Gasteiger partial charge in [-0.15, -0.1) is 6.42 Å². The largest absolute Gasteiger partial charge is 0.408 e. The van der Waals surface area contributed by atoms with E-state index in [1.54, 1.807) is 0 Å². The van der Waals surface area contributed by atoms with Crippen LogP contribution in [0, 0.1) is 12.3 Å². The van der Waals surface area contributed by atoms with E-state index in [9.17, 15) is 0 Å². The fourth-order valence-corrected chi connectivity index (χ4v) is 15.0. The Kier molecular flexibility index (Phi) is 16.0. The molecule has 0 unspecified atom stereocenters. The third kappa shape index (κ3) is 9.89. The molecule has 5 nitrogen and oxygen atoms in total. The van der Waals surface area contributed by atoms with E-state index in [2.05, 4.69) is 87.9 Å². The summed E-state index contributed by atoms with van der Waals surface area (Å²) in [7, 11) is -7.36. The Morgan fingerprint density at radius 3 is 1.28 bits per heavy atom. The summed E-state index contributed by atoms with van der Waals surface area (Å²) in [6.45, 7) is 28.3. The van der Waals surface area contributed by atoms with Crippen LogP contribution >= 0.6 is 0 Å². The zero-order valence-corrected chi connectivity index (χ0v) is 31.8. The molecule has 9 heteroatoms. The summed E-state index contributed by atoms with van der Waals surface area (Å²) in [4.78, 5) is 0. The fraction of sp³-hybridized carbons (Fsp3) is 0.933. The lowest BCUT2D eigenvalue weighted by Gasteiger charge is -2.52.